The zero-order valence-electron chi connectivity index (χ0n) is 17.1. The summed E-state index contributed by atoms with van der Waals surface area (Å²) in [5.41, 5.74) is 2.50. The maximum Gasteiger partial charge on any atom is 0.334 e. The van der Waals surface area contributed by atoms with Gasteiger partial charge in [0.1, 0.15) is 6.54 Å². The fraction of sp³-hybridized carbons (Fsp3) is 0.545. The van der Waals surface area contributed by atoms with Gasteiger partial charge in [-0.05, 0) is 75.0 Å². The number of amides is 5. The van der Waals surface area contributed by atoms with Crippen LogP contribution < -0.4 is 5.32 Å². The summed E-state index contributed by atoms with van der Waals surface area (Å²) in [4.78, 5) is 52.2. The second-order valence-corrected chi connectivity index (χ2v) is 8.79. The molecule has 1 aliphatic heterocycles. The minimum absolute atomic E-state index is 0.248. The third kappa shape index (κ3) is 3.43. The topological polar surface area (TPSA) is 86.8 Å². The highest BCUT2D eigenvalue weighted by atomic mass is 16.2. The molecule has 3 aliphatic rings. The molecule has 0 aromatic heterocycles. The van der Waals surface area contributed by atoms with E-state index in [4.69, 9.17) is 0 Å². The van der Waals surface area contributed by atoms with E-state index < -0.39 is 30.3 Å². The molecule has 1 aromatic rings. The Labute approximate surface area is 170 Å². The maximum absolute atomic E-state index is 12.9. The second kappa shape index (κ2) is 7.28. The van der Waals surface area contributed by atoms with Gasteiger partial charge in [0.2, 0.25) is 5.91 Å². The third-order valence-corrected chi connectivity index (χ3v) is 6.87. The number of urea groups is 1. The number of carbonyl (C=O) groups is 4. The average Bonchev–Trinajstić information content (AvgIpc) is 3.36. The molecule has 2 aliphatic carbocycles. The first-order chi connectivity index (χ1) is 13.8. The maximum atomic E-state index is 12.9. The lowest BCUT2D eigenvalue weighted by molar-refractivity contribution is -0.144. The predicted octanol–water partition coefficient (Wildman–Crippen LogP) is 2.86. The zero-order chi connectivity index (χ0) is 20.9. The van der Waals surface area contributed by atoms with Gasteiger partial charge in [-0.15, -0.1) is 0 Å². The van der Waals surface area contributed by atoms with Crippen LogP contribution in [0.2, 0.25) is 0 Å². The fourth-order valence-electron chi connectivity index (χ4n) is 5.30. The van der Waals surface area contributed by atoms with Crippen LogP contribution in [0.3, 0.4) is 0 Å². The lowest BCUT2D eigenvalue weighted by atomic mass is 9.83. The molecule has 4 atom stereocenters. The van der Waals surface area contributed by atoms with E-state index in [2.05, 4.69) is 5.32 Å². The van der Waals surface area contributed by atoms with Gasteiger partial charge >= 0.3 is 17.8 Å². The van der Waals surface area contributed by atoms with Crippen molar-refractivity contribution in [3.05, 3.63) is 29.3 Å². The van der Waals surface area contributed by atoms with E-state index in [1.54, 1.807) is 0 Å². The van der Waals surface area contributed by atoms with Crippen molar-refractivity contribution in [2.75, 3.05) is 11.9 Å². The molecule has 4 unspecified atom stereocenters. The van der Waals surface area contributed by atoms with Gasteiger partial charge in [0, 0.05) is 11.7 Å². The van der Waals surface area contributed by atoms with Crippen molar-refractivity contribution in [3.63, 3.8) is 0 Å². The smallest absolute Gasteiger partial charge is 0.324 e. The molecule has 2 saturated carbocycles. The van der Waals surface area contributed by atoms with Gasteiger partial charge in [-0.1, -0.05) is 18.6 Å². The molecule has 1 heterocycles. The number of rotatable bonds is 5. The molecule has 1 N–H and O–H groups in total. The molecular weight excluding hydrogens is 370 g/mol. The molecule has 29 heavy (non-hydrogen) atoms. The first-order valence-corrected chi connectivity index (χ1v) is 10.3. The van der Waals surface area contributed by atoms with Crippen LogP contribution in [0.4, 0.5) is 10.5 Å². The van der Waals surface area contributed by atoms with Crippen molar-refractivity contribution in [1.29, 1.82) is 0 Å². The van der Waals surface area contributed by atoms with Crippen LogP contribution in [-0.4, -0.2) is 46.1 Å². The second-order valence-electron chi connectivity index (χ2n) is 8.79. The normalized spacial score (nSPS) is 27.1. The predicted molar refractivity (Wildman–Crippen MR) is 107 cm³/mol. The Morgan fingerprint density at radius 1 is 1.14 bits per heavy atom. The van der Waals surface area contributed by atoms with Crippen LogP contribution in [0, 0.1) is 31.6 Å². The van der Waals surface area contributed by atoms with E-state index in [0.29, 0.717) is 17.5 Å². The van der Waals surface area contributed by atoms with Gasteiger partial charge < -0.3 is 5.32 Å². The van der Waals surface area contributed by atoms with Gasteiger partial charge in [-0.2, -0.15) is 0 Å². The van der Waals surface area contributed by atoms with Crippen LogP contribution in [0.25, 0.3) is 0 Å². The Morgan fingerprint density at radius 3 is 2.55 bits per heavy atom. The quantitative estimate of drug-likeness (QED) is 0.611. The Bertz CT molecular complexity index is 896. The number of benzene rings is 1. The summed E-state index contributed by atoms with van der Waals surface area (Å²) in [6.07, 6.45) is 4.51. The number of hydrogen-bond donors (Lipinski definition) is 1. The van der Waals surface area contributed by atoms with E-state index >= 15 is 0 Å². The number of nitrogens with zero attached hydrogens (tertiary/aromatic N) is 2. The van der Waals surface area contributed by atoms with Crippen LogP contribution in [-0.2, 0) is 14.4 Å². The van der Waals surface area contributed by atoms with Crippen LogP contribution in [0.5, 0.6) is 0 Å². The highest BCUT2D eigenvalue weighted by Gasteiger charge is 2.52. The van der Waals surface area contributed by atoms with Crippen molar-refractivity contribution < 1.29 is 19.2 Å². The van der Waals surface area contributed by atoms with Crippen LogP contribution in [0.15, 0.2) is 18.2 Å². The standard InChI is InChI=1S/C22H27N3O4/c1-12-4-5-13(2)18(8-12)23-19(26)11-24-20(27)21(28)25(22(24)29)14(3)17-10-15-6-7-16(17)9-15/h4-5,8,14-17H,6-7,9-11H2,1-3H3,(H,23,26). The van der Waals surface area contributed by atoms with Crippen molar-refractivity contribution in [3.8, 4) is 0 Å². The molecule has 154 valence electrons. The monoisotopic (exact) mass is 397 g/mol. The summed E-state index contributed by atoms with van der Waals surface area (Å²) in [6.45, 7) is 5.17. The lowest BCUT2D eigenvalue weighted by Crippen LogP contribution is -2.45. The van der Waals surface area contributed by atoms with E-state index in [0.717, 1.165) is 40.2 Å². The molecule has 5 amide bonds. The van der Waals surface area contributed by atoms with Gasteiger partial charge in [0.15, 0.2) is 0 Å². The molecule has 2 bridgehead atoms. The molecule has 7 heteroatoms. The Kier molecular flexibility index (Phi) is 4.92. The number of nitrogens with one attached hydrogen (secondary N) is 1. The van der Waals surface area contributed by atoms with E-state index in [9.17, 15) is 19.2 Å². The number of hydrogen-bond acceptors (Lipinski definition) is 4. The largest absolute Gasteiger partial charge is 0.334 e. The summed E-state index contributed by atoms with van der Waals surface area (Å²) >= 11 is 0. The summed E-state index contributed by atoms with van der Waals surface area (Å²) in [5.74, 6) is -0.783. The van der Waals surface area contributed by atoms with Crippen molar-refractivity contribution in [2.45, 2.75) is 52.5 Å². The number of fused-ring (bicyclic) bond motifs is 2. The van der Waals surface area contributed by atoms with Gasteiger partial charge in [0.05, 0.1) is 0 Å². The van der Waals surface area contributed by atoms with E-state index in [-0.39, 0.29) is 12.0 Å². The SMILES string of the molecule is Cc1ccc(C)c(NC(=O)CN2C(=O)C(=O)N(C(C)C3CC4CCC3C4)C2=O)c1. The van der Waals surface area contributed by atoms with Crippen molar-refractivity contribution in [2.24, 2.45) is 17.8 Å². The Morgan fingerprint density at radius 2 is 1.90 bits per heavy atom. The van der Waals surface area contributed by atoms with Gasteiger partial charge in [-0.25, -0.2) is 9.69 Å². The molecule has 1 saturated heterocycles. The van der Waals surface area contributed by atoms with Crippen LogP contribution in [0.1, 0.15) is 43.7 Å². The van der Waals surface area contributed by atoms with E-state index in [1.807, 2.05) is 39.0 Å². The molecule has 0 radical (unpaired) electrons. The first kappa shape index (κ1) is 19.6. The van der Waals surface area contributed by atoms with E-state index in [1.165, 1.54) is 6.42 Å². The van der Waals surface area contributed by atoms with Gasteiger partial charge in [0.25, 0.3) is 0 Å². The third-order valence-electron chi connectivity index (χ3n) is 6.87. The van der Waals surface area contributed by atoms with Crippen LogP contribution >= 0.6 is 0 Å². The minimum Gasteiger partial charge on any atom is -0.324 e. The minimum atomic E-state index is -0.916. The lowest BCUT2D eigenvalue weighted by Gasteiger charge is -2.32. The number of anilines is 1. The first-order valence-electron chi connectivity index (χ1n) is 10.3. The summed E-state index contributed by atoms with van der Waals surface area (Å²) in [6, 6.07) is 4.66. The highest BCUT2D eigenvalue weighted by molar-refractivity contribution is 6.45. The average molecular weight is 397 g/mol. The summed E-state index contributed by atoms with van der Waals surface area (Å²) in [7, 11) is 0. The Balaban J connectivity index is 1.45. The number of aryl methyl sites for hydroxylation is 2. The highest BCUT2D eigenvalue weighted by Crippen LogP contribution is 2.50. The van der Waals surface area contributed by atoms with Crippen molar-refractivity contribution >= 4 is 29.4 Å². The molecule has 7 nitrogen and oxygen atoms in total. The summed E-state index contributed by atoms with van der Waals surface area (Å²) < 4.78 is 0. The summed E-state index contributed by atoms with van der Waals surface area (Å²) in [5, 5.41) is 2.74. The molecule has 0 spiro atoms. The van der Waals surface area contributed by atoms with Crippen molar-refractivity contribution in [1.82, 2.24) is 9.80 Å². The Hall–Kier alpha value is -2.70. The fourth-order valence-corrected chi connectivity index (χ4v) is 5.30. The number of imide groups is 2. The van der Waals surface area contributed by atoms with Gasteiger partial charge in [-0.3, -0.25) is 19.3 Å². The zero-order valence-corrected chi connectivity index (χ0v) is 17.1. The number of carbonyl (C=O) groups excluding carboxylic acids is 4. The molecule has 4 rings (SSSR count). The molecule has 1 aromatic carbocycles. The molecule has 3 fully saturated rings. The molecular formula is C22H27N3O4.